The molecule has 0 atom stereocenters. The number of amides is 3. The molecule has 0 radical (unpaired) electrons. The Hall–Kier alpha value is -2.81. The molecule has 0 bridgehead atoms. The van der Waals surface area contributed by atoms with E-state index >= 15 is 0 Å². The summed E-state index contributed by atoms with van der Waals surface area (Å²) in [5.41, 5.74) is 2.14. The Bertz CT molecular complexity index is 825. The topological polar surface area (TPSA) is 94.2 Å². The number of anilines is 2. The number of nitrogens with one attached hydrogen (secondary N) is 2. The van der Waals surface area contributed by atoms with Gasteiger partial charge >= 0.3 is 6.09 Å². The van der Waals surface area contributed by atoms with E-state index in [1.54, 1.807) is 4.90 Å². The van der Waals surface area contributed by atoms with Crippen molar-refractivity contribution in [3.63, 3.8) is 0 Å². The largest absolute Gasteiger partial charge is 0.453 e. The second-order valence-electron chi connectivity index (χ2n) is 8.34. The van der Waals surface area contributed by atoms with Crippen molar-refractivity contribution in [2.45, 2.75) is 19.3 Å². The van der Waals surface area contributed by atoms with E-state index in [1.807, 2.05) is 23.1 Å². The van der Waals surface area contributed by atoms with E-state index in [9.17, 15) is 14.4 Å². The van der Waals surface area contributed by atoms with E-state index in [1.165, 1.54) is 7.11 Å². The quantitative estimate of drug-likeness (QED) is 0.751. The van der Waals surface area contributed by atoms with E-state index in [4.69, 9.17) is 4.74 Å². The van der Waals surface area contributed by atoms with Crippen LogP contribution in [0.4, 0.5) is 16.2 Å². The predicted molar refractivity (Wildman–Crippen MR) is 117 cm³/mol. The first-order valence-corrected chi connectivity index (χ1v) is 11.1. The average Bonchev–Trinajstić information content (AvgIpc) is 3.65. The van der Waals surface area contributed by atoms with Gasteiger partial charge in [0.15, 0.2) is 0 Å². The SMILES string of the molecule is COC(=O)N1CCN(c2ccc(C(=O)N3CCCNCC3)cc2NC(=O)C2CC2)CC1. The van der Waals surface area contributed by atoms with Crippen molar-refractivity contribution in [3.8, 4) is 0 Å². The van der Waals surface area contributed by atoms with Crippen LogP contribution in [-0.2, 0) is 9.53 Å². The van der Waals surface area contributed by atoms with Gasteiger partial charge in [-0.15, -0.1) is 0 Å². The zero-order valence-electron chi connectivity index (χ0n) is 18.1. The van der Waals surface area contributed by atoms with E-state index in [2.05, 4.69) is 15.5 Å². The molecule has 0 spiro atoms. The van der Waals surface area contributed by atoms with Gasteiger partial charge in [-0.3, -0.25) is 9.59 Å². The highest BCUT2D eigenvalue weighted by Gasteiger charge is 2.31. The van der Waals surface area contributed by atoms with Crippen molar-refractivity contribution in [2.24, 2.45) is 5.92 Å². The molecule has 2 heterocycles. The fourth-order valence-electron chi connectivity index (χ4n) is 4.12. The lowest BCUT2D eigenvalue weighted by Crippen LogP contribution is -2.49. The van der Waals surface area contributed by atoms with Gasteiger partial charge < -0.3 is 30.1 Å². The standard InChI is InChI=1S/C22H31N5O4/c1-31-22(30)27-13-11-25(12-14-27)19-6-5-17(15-18(19)24-20(28)16-3-4-16)21(29)26-9-2-7-23-8-10-26/h5-6,15-16,23H,2-4,7-14H2,1H3,(H,24,28). The maximum atomic E-state index is 13.1. The van der Waals surface area contributed by atoms with Crippen LogP contribution in [0.1, 0.15) is 29.6 Å². The van der Waals surface area contributed by atoms with Crippen LogP contribution >= 0.6 is 0 Å². The van der Waals surface area contributed by atoms with Crippen LogP contribution in [0, 0.1) is 5.92 Å². The first kappa shape index (κ1) is 21.4. The number of benzene rings is 1. The highest BCUT2D eigenvalue weighted by atomic mass is 16.5. The summed E-state index contributed by atoms with van der Waals surface area (Å²) in [4.78, 5) is 43.1. The van der Waals surface area contributed by atoms with Crippen LogP contribution in [0.2, 0.25) is 0 Å². The molecule has 2 saturated heterocycles. The smallest absolute Gasteiger partial charge is 0.409 e. The highest BCUT2D eigenvalue weighted by Crippen LogP contribution is 2.34. The van der Waals surface area contributed by atoms with Gasteiger partial charge in [0, 0.05) is 57.3 Å². The number of carbonyl (C=O) groups excluding carboxylic acids is 3. The van der Waals surface area contributed by atoms with E-state index in [-0.39, 0.29) is 23.8 Å². The Kier molecular flexibility index (Phi) is 6.60. The van der Waals surface area contributed by atoms with Gasteiger partial charge in [0.2, 0.25) is 5.91 Å². The molecule has 1 aromatic rings. The van der Waals surface area contributed by atoms with Gasteiger partial charge in [0.25, 0.3) is 5.91 Å². The number of ether oxygens (including phenoxy) is 1. The van der Waals surface area contributed by atoms with Crippen molar-refractivity contribution >= 4 is 29.3 Å². The summed E-state index contributed by atoms with van der Waals surface area (Å²) in [6, 6.07) is 5.57. The third-order valence-corrected chi connectivity index (χ3v) is 6.13. The predicted octanol–water partition coefficient (Wildman–Crippen LogP) is 1.36. The summed E-state index contributed by atoms with van der Waals surface area (Å²) in [7, 11) is 1.39. The van der Waals surface area contributed by atoms with Crippen molar-refractivity contribution < 1.29 is 19.1 Å². The molecule has 9 nitrogen and oxygen atoms in total. The van der Waals surface area contributed by atoms with Crippen molar-refractivity contribution in [1.29, 1.82) is 0 Å². The van der Waals surface area contributed by atoms with Crippen LogP contribution in [-0.4, -0.2) is 87.2 Å². The van der Waals surface area contributed by atoms with Crippen LogP contribution < -0.4 is 15.5 Å². The minimum Gasteiger partial charge on any atom is -0.453 e. The summed E-state index contributed by atoms with van der Waals surface area (Å²) in [5.74, 6) is 0.0748. The molecule has 2 aliphatic heterocycles. The maximum absolute atomic E-state index is 13.1. The molecule has 4 rings (SSSR count). The zero-order valence-corrected chi connectivity index (χ0v) is 18.1. The first-order valence-electron chi connectivity index (χ1n) is 11.1. The summed E-state index contributed by atoms with van der Waals surface area (Å²) >= 11 is 0. The van der Waals surface area contributed by atoms with Crippen molar-refractivity contribution in [2.75, 3.05) is 69.7 Å². The maximum Gasteiger partial charge on any atom is 0.409 e. The summed E-state index contributed by atoms with van der Waals surface area (Å²) < 4.78 is 4.81. The van der Waals surface area contributed by atoms with Gasteiger partial charge in [-0.2, -0.15) is 0 Å². The van der Waals surface area contributed by atoms with Crippen LogP contribution in [0.3, 0.4) is 0 Å². The molecule has 1 aromatic carbocycles. The molecule has 0 aromatic heterocycles. The molecule has 3 amide bonds. The van der Waals surface area contributed by atoms with Crippen molar-refractivity contribution in [1.82, 2.24) is 15.1 Å². The van der Waals surface area contributed by atoms with Gasteiger partial charge in [-0.1, -0.05) is 0 Å². The Labute approximate surface area is 182 Å². The van der Waals surface area contributed by atoms with E-state index < -0.39 is 0 Å². The number of rotatable bonds is 4. The molecule has 168 valence electrons. The first-order chi connectivity index (χ1) is 15.1. The Morgan fingerprint density at radius 3 is 2.48 bits per heavy atom. The molecular formula is C22H31N5O4. The molecule has 1 saturated carbocycles. The average molecular weight is 430 g/mol. The number of methoxy groups -OCH3 is 1. The molecular weight excluding hydrogens is 398 g/mol. The number of hydrogen-bond acceptors (Lipinski definition) is 6. The van der Waals surface area contributed by atoms with Gasteiger partial charge in [0.1, 0.15) is 0 Å². The zero-order chi connectivity index (χ0) is 21.8. The minimum atomic E-state index is -0.324. The lowest BCUT2D eigenvalue weighted by atomic mass is 10.1. The summed E-state index contributed by atoms with van der Waals surface area (Å²) in [5, 5.41) is 6.37. The third-order valence-electron chi connectivity index (χ3n) is 6.13. The van der Waals surface area contributed by atoms with E-state index in [0.717, 1.165) is 44.6 Å². The third kappa shape index (κ3) is 5.10. The second-order valence-corrected chi connectivity index (χ2v) is 8.34. The van der Waals surface area contributed by atoms with Crippen LogP contribution in [0.25, 0.3) is 0 Å². The Morgan fingerprint density at radius 2 is 1.77 bits per heavy atom. The second kappa shape index (κ2) is 9.55. The lowest BCUT2D eigenvalue weighted by Gasteiger charge is -2.36. The number of piperazine rings is 1. The summed E-state index contributed by atoms with van der Waals surface area (Å²) in [6.45, 7) is 5.47. The van der Waals surface area contributed by atoms with Gasteiger partial charge in [0.05, 0.1) is 18.5 Å². The minimum absolute atomic E-state index is 0.00678. The fourth-order valence-corrected chi connectivity index (χ4v) is 4.12. The fraction of sp³-hybridized carbons (Fsp3) is 0.591. The van der Waals surface area contributed by atoms with Crippen LogP contribution in [0.5, 0.6) is 0 Å². The Morgan fingerprint density at radius 1 is 1.00 bits per heavy atom. The normalized spacial score (nSPS) is 19.6. The molecule has 1 aliphatic carbocycles. The van der Waals surface area contributed by atoms with Gasteiger partial charge in [-0.05, 0) is 44.0 Å². The van der Waals surface area contributed by atoms with Crippen LogP contribution in [0.15, 0.2) is 18.2 Å². The molecule has 0 unspecified atom stereocenters. The summed E-state index contributed by atoms with van der Waals surface area (Å²) in [6.07, 6.45) is 2.44. The monoisotopic (exact) mass is 429 g/mol. The molecule has 2 N–H and O–H groups in total. The van der Waals surface area contributed by atoms with Gasteiger partial charge in [-0.25, -0.2) is 4.79 Å². The number of carbonyl (C=O) groups is 3. The van der Waals surface area contributed by atoms with E-state index in [0.29, 0.717) is 44.0 Å². The lowest BCUT2D eigenvalue weighted by molar-refractivity contribution is -0.117. The number of nitrogens with zero attached hydrogens (tertiary/aromatic N) is 3. The Balaban J connectivity index is 1.54. The molecule has 9 heteroatoms. The van der Waals surface area contributed by atoms with Crippen molar-refractivity contribution in [3.05, 3.63) is 23.8 Å². The molecule has 3 fully saturated rings. The number of hydrogen-bond donors (Lipinski definition) is 2. The highest BCUT2D eigenvalue weighted by molar-refractivity contribution is 6.01. The molecule has 31 heavy (non-hydrogen) atoms. The molecule has 3 aliphatic rings.